The number of halogens is 6. The van der Waals surface area contributed by atoms with Gasteiger partial charge in [0.1, 0.15) is 44.8 Å². The number of hydrogen-bond donors (Lipinski definition) is 0. The van der Waals surface area contributed by atoms with Crippen LogP contribution in [0.5, 0.6) is 23.0 Å². The van der Waals surface area contributed by atoms with Crippen LogP contribution < -0.4 is 30.2 Å². The molecule has 0 atom stereocenters. The van der Waals surface area contributed by atoms with E-state index < -0.39 is 19.5 Å². The molecule has 2 aromatic carbocycles. The molecule has 6 aromatic rings. The molecule has 4 aromatic heterocycles. The molecule has 0 radical (unpaired) electrons. The Kier molecular flexibility index (Phi) is 13.3. The Morgan fingerprint density at radius 3 is 1.41 bits per heavy atom. The van der Waals surface area contributed by atoms with Crippen LogP contribution in [0.4, 0.5) is 0 Å². The second kappa shape index (κ2) is 17.0. The van der Waals surface area contributed by atoms with Crippen molar-refractivity contribution in [3.05, 3.63) is 102 Å². The third-order valence-electron chi connectivity index (χ3n) is 6.68. The van der Waals surface area contributed by atoms with E-state index in [1.165, 1.54) is 38.7 Å². The highest BCUT2D eigenvalue weighted by atomic mass is 36.0. The average Bonchev–Trinajstić information content (AvgIpc) is 3.08. The van der Waals surface area contributed by atoms with Crippen molar-refractivity contribution in [1.82, 2.24) is 9.97 Å². The Balaban J connectivity index is 0.000000203. The number of aromatic nitrogens is 2. The summed E-state index contributed by atoms with van der Waals surface area (Å²) in [5, 5.41) is 2.73. The molecule has 6 rings (SSSR count). The zero-order valence-electron chi connectivity index (χ0n) is 26.4. The monoisotopic (exact) mass is 836 g/mol. The van der Waals surface area contributed by atoms with Gasteiger partial charge in [0, 0.05) is 62.2 Å². The van der Waals surface area contributed by atoms with Crippen LogP contribution >= 0.6 is 67.8 Å². The predicted molar refractivity (Wildman–Crippen MR) is 198 cm³/mol. The maximum Gasteiger partial charge on any atom is 0.344 e. The minimum atomic E-state index is -3.72. The first-order chi connectivity index (χ1) is 24.1. The molecule has 0 saturated heterocycles. The van der Waals surface area contributed by atoms with Crippen molar-refractivity contribution >= 4 is 97.6 Å². The maximum absolute atomic E-state index is 12.3. The summed E-state index contributed by atoms with van der Waals surface area (Å²) in [4.78, 5) is 32.3. The van der Waals surface area contributed by atoms with Crippen molar-refractivity contribution in [1.29, 1.82) is 0 Å². The van der Waals surface area contributed by atoms with Crippen LogP contribution in [0.1, 0.15) is 0 Å². The molecule has 0 fully saturated rings. The van der Waals surface area contributed by atoms with Crippen molar-refractivity contribution in [3.63, 3.8) is 0 Å². The van der Waals surface area contributed by atoms with Gasteiger partial charge in [-0.25, -0.2) is 19.6 Å². The molecule has 0 spiro atoms. The van der Waals surface area contributed by atoms with Gasteiger partial charge in [0.15, 0.2) is 0 Å². The van der Waals surface area contributed by atoms with E-state index in [-0.39, 0.29) is 26.1 Å². The van der Waals surface area contributed by atoms with Gasteiger partial charge in [-0.05, 0) is 36.4 Å². The first kappa shape index (κ1) is 39.8. The molecule has 0 saturated carbocycles. The standard InChI is InChI=1S/C16H10Cl3NO4.C16H12ClNO4.Cl2O2S/c1-22-10-5-11(23-2)15(19)13(14(10)18)9-3-7-6-20-12(17)4-8(7)16(21)24-9;1-20-11-3-9(4-12(6-11)21-2)14-5-10-8-18-15(17)7-13(10)16(19)22-14;1-5(2,3)4/h3-6H,1-2H3;3-8H,1-2H3;. The lowest BCUT2D eigenvalue weighted by Gasteiger charge is -2.14. The Labute approximate surface area is 318 Å². The van der Waals surface area contributed by atoms with Gasteiger partial charge < -0.3 is 27.8 Å². The molecule has 0 amide bonds. The third-order valence-corrected chi connectivity index (χ3v) is 7.84. The van der Waals surface area contributed by atoms with Gasteiger partial charge in [0.05, 0.1) is 54.8 Å². The van der Waals surface area contributed by atoms with Gasteiger partial charge >= 0.3 is 19.5 Å². The minimum Gasteiger partial charge on any atom is -0.497 e. The van der Waals surface area contributed by atoms with Gasteiger partial charge in [-0.3, -0.25) is 0 Å². The van der Waals surface area contributed by atoms with Crippen molar-refractivity contribution < 1.29 is 36.2 Å². The maximum atomic E-state index is 12.3. The number of methoxy groups -OCH3 is 4. The highest BCUT2D eigenvalue weighted by Gasteiger charge is 2.21. The van der Waals surface area contributed by atoms with E-state index >= 15 is 0 Å². The molecule has 19 heteroatoms. The molecule has 0 aliphatic heterocycles. The summed E-state index contributed by atoms with van der Waals surface area (Å²) in [6.07, 6.45) is 3.01. The van der Waals surface area contributed by atoms with Crippen LogP contribution in [0.15, 0.2) is 79.3 Å². The lowest BCUT2D eigenvalue weighted by Crippen LogP contribution is -2.02. The average molecular weight is 839 g/mol. The van der Waals surface area contributed by atoms with E-state index in [2.05, 4.69) is 31.3 Å². The van der Waals surface area contributed by atoms with Crippen molar-refractivity contribution in [2.45, 2.75) is 0 Å². The van der Waals surface area contributed by atoms with Crippen molar-refractivity contribution in [2.24, 2.45) is 0 Å². The normalized spacial score (nSPS) is 10.9. The van der Waals surface area contributed by atoms with Gasteiger partial charge in [0.2, 0.25) is 0 Å². The zero-order chi connectivity index (χ0) is 37.6. The van der Waals surface area contributed by atoms with Crippen LogP contribution in [0.2, 0.25) is 20.4 Å². The van der Waals surface area contributed by atoms with Crippen LogP contribution in [0.3, 0.4) is 0 Å². The van der Waals surface area contributed by atoms with E-state index in [0.29, 0.717) is 61.4 Å². The Hall–Kier alpha value is -3.95. The SMILES string of the molecule is COc1cc(OC)c(Cl)c(-c2cc3cnc(Cl)cc3c(=O)o2)c1Cl.COc1cc(OC)cc(-c2cc3cnc(Cl)cc3c(=O)o2)c1.O=S(=O)(Cl)Cl. The van der Waals surface area contributed by atoms with Gasteiger partial charge in [0.25, 0.3) is 0 Å². The molecule has 12 nitrogen and oxygen atoms in total. The Bertz CT molecular complexity index is 2420. The van der Waals surface area contributed by atoms with E-state index in [1.807, 2.05) is 0 Å². The van der Waals surface area contributed by atoms with Gasteiger partial charge in [-0.2, -0.15) is 8.42 Å². The minimum absolute atomic E-state index is 0.170. The molecule has 0 aliphatic rings. The largest absolute Gasteiger partial charge is 0.497 e. The third kappa shape index (κ3) is 10.1. The highest BCUT2D eigenvalue weighted by molar-refractivity contribution is 8.31. The number of rotatable bonds is 6. The molecule has 0 aliphatic carbocycles. The Morgan fingerprint density at radius 1 is 0.588 bits per heavy atom. The summed E-state index contributed by atoms with van der Waals surface area (Å²) in [6.45, 7) is 0. The second-order valence-corrected chi connectivity index (χ2v) is 14.9. The summed E-state index contributed by atoms with van der Waals surface area (Å²) in [5.74, 6) is 2.45. The fourth-order valence-electron chi connectivity index (χ4n) is 4.43. The van der Waals surface area contributed by atoms with E-state index in [4.69, 9.17) is 82.6 Å². The fraction of sp³-hybridized carbons (Fsp3) is 0.125. The van der Waals surface area contributed by atoms with Crippen LogP contribution in [-0.4, -0.2) is 46.8 Å². The first-order valence-corrected chi connectivity index (χ1v) is 18.4. The molecule has 268 valence electrons. The van der Waals surface area contributed by atoms with Gasteiger partial charge in [-0.1, -0.05) is 46.4 Å². The van der Waals surface area contributed by atoms with E-state index in [0.717, 1.165) is 0 Å². The smallest absolute Gasteiger partial charge is 0.344 e. The summed E-state index contributed by atoms with van der Waals surface area (Å²) >= 11 is 24.3. The predicted octanol–water partition coefficient (Wildman–Crippen LogP) is 9.07. The second-order valence-electron chi connectivity index (χ2n) is 9.75. The molecule has 0 N–H and O–H groups in total. The van der Waals surface area contributed by atoms with Gasteiger partial charge in [-0.15, -0.1) is 0 Å². The highest BCUT2D eigenvalue weighted by Crippen LogP contribution is 2.46. The first-order valence-electron chi connectivity index (χ1n) is 13.7. The van der Waals surface area contributed by atoms with Crippen molar-refractivity contribution in [3.8, 4) is 45.6 Å². The molecule has 0 unspecified atom stereocenters. The fourth-order valence-corrected chi connectivity index (χ4v) is 5.44. The molecular weight excluding hydrogens is 817 g/mol. The number of ether oxygens (including phenoxy) is 4. The van der Waals surface area contributed by atoms with E-state index in [9.17, 15) is 9.59 Å². The van der Waals surface area contributed by atoms with E-state index in [1.54, 1.807) is 50.6 Å². The lowest BCUT2D eigenvalue weighted by atomic mass is 10.1. The number of fused-ring (bicyclic) bond motifs is 2. The quantitative estimate of drug-likeness (QED) is 0.116. The summed E-state index contributed by atoms with van der Waals surface area (Å²) in [6, 6.07) is 13.1. The Morgan fingerprint density at radius 2 is 1.00 bits per heavy atom. The number of pyridine rings is 2. The lowest BCUT2D eigenvalue weighted by molar-refractivity contribution is 0.394. The van der Waals surface area contributed by atoms with Crippen LogP contribution in [-0.2, 0) is 8.26 Å². The number of nitrogens with zero attached hydrogens (tertiary/aromatic N) is 2. The van der Waals surface area contributed by atoms with Crippen LogP contribution in [0.25, 0.3) is 44.2 Å². The molecular formula is C32H22Cl6N2O10S. The topological polar surface area (TPSA) is 157 Å². The van der Waals surface area contributed by atoms with Crippen molar-refractivity contribution in [2.75, 3.05) is 28.4 Å². The molecule has 51 heavy (non-hydrogen) atoms. The summed E-state index contributed by atoms with van der Waals surface area (Å²) < 4.78 is 50.0. The zero-order valence-corrected chi connectivity index (χ0v) is 31.8. The number of benzene rings is 2. The summed E-state index contributed by atoms with van der Waals surface area (Å²) in [7, 11) is 10.8. The van der Waals surface area contributed by atoms with Crippen LogP contribution in [0, 0.1) is 0 Å². The molecule has 0 bridgehead atoms. The molecule has 4 heterocycles. The number of hydrogen-bond acceptors (Lipinski definition) is 12. The summed E-state index contributed by atoms with van der Waals surface area (Å²) in [5.41, 5.74) is -0.0899.